The van der Waals surface area contributed by atoms with Crippen LogP contribution in [0.5, 0.6) is 0 Å². The minimum atomic E-state index is -0.232. The largest absolute Gasteiger partial charge is 0.325 e. The predicted molar refractivity (Wildman–Crippen MR) is 120 cm³/mol. The molecular formula is C22H23FN6OS. The molecule has 0 aromatic heterocycles. The number of benzene rings is 2. The van der Waals surface area contributed by atoms with Crippen LogP contribution in [0.4, 0.5) is 10.1 Å². The number of anilines is 1. The number of carbonyl (C=O) groups excluding carboxylic acids is 1. The number of halogens is 1. The zero-order chi connectivity index (χ0) is 21.4. The minimum Gasteiger partial charge on any atom is -0.325 e. The van der Waals surface area contributed by atoms with Crippen molar-refractivity contribution in [2.24, 2.45) is 5.10 Å². The average Bonchev–Trinajstić information content (AvgIpc) is 3.36. The van der Waals surface area contributed by atoms with Gasteiger partial charge in [0.05, 0.1) is 17.8 Å². The van der Waals surface area contributed by atoms with Crippen molar-refractivity contribution in [3.05, 3.63) is 77.9 Å². The van der Waals surface area contributed by atoms with Crippen LogP contribution in [-0.4, -0.2) is 38.9 Å². The molecular weight excluding hydrogens is 415 g/mol. The van der Waals surface area contributed by atoms with Gasteiger partial charge in [-0.05, 0) is 48.7 Å². The van der Waals surface area contributed by atoms with Crippen molar-refractivity contribution in [1.29, 1.82) is 0 Å². The summed E-state index contributed by atoms with van der Waals surface area (Å²) >= 11 is 1.40. The van der Waals surface area contributed by atoms with Gasteiger partial charge in [-0.3, -0.25) is 10.2 Å². The SMILES string of the molecule is Cc1cccc(NC(=O)CSC2=NNC3C4CC(c5ccc(F)cc5)NN4C=CN23)c1. The first-order valence-electron chi connectivity index (χ1n) is 10.2. The van der Waals surface area contributed by atoms with Gasteiger partial charge in [0.15, 0.2) is 5.17 Å². The maximum absolute atomic E-state index is 13.3. The Labute approximate surface area is 184 Å². The number of nitrogens with one attached hydrogen (secondary N) is 3. The number of thioether (sulfide) groups is 1. The molecule has 7 nitrogen and oxygen atoms in total. The van der Waals surface area contributed by atoms with E-state index in [9.17, 15) is 9.18 Å². The summed E-state index contributed by atoms with van der Waals surface area (Å²) in [7, 11) is 0. The Balaban J connectivity index is 1.18. The highest BCUT2D eigenvalue weighted by Crippen LogP contribution is 2.35. The van der Waals surface area contributed by atoms with Gasteiger partial charge in [-0.2, -0.15) is 5.10 Å². The Morgan fingerprint density at radius 3 is 2.90 bits per heavy atom. The molecule has 0 aliphatic carbocycles. The second-order valence-electron chi connectivity index (χ2n) is 7.82. The number of hydrazone groups is 1. The van der Waals surface area contributed by atoms with Gasteiger partial charge in [-0.1, -0.05) is 36.0 Å². The lowest BCUT2D eigenvalue weighted by Crippen LogP contribution is -2.54. The quantitative estimate of drug-likeness (QED) is 0.682. The third-order valence-corrected chi connectivity index (χ3v) is 6.58. The van der Waals surface area contributed by atoms with Crippen molar-refractivity contribution in [2.75, 3.05) is 11.1 Å². The molecule has 3 aliphatic heterocycles. The molecule has 2 aromatic carbocycles. The fourth-order valence-electron chi connectivity index (χ4n) is 4.11. The van der Waals surface area contributed by atoms with Crippen molar-refractivity contribution in [3.63, 3.8) is 0 Å². The van der Waals surface area contributed by atoms with Crippen LogP contribution in [0.2, 0.25) is 0 Å². The summed E-state index contributed by atoms with van der Waals surface area (Å²) in [4.78, 5) is 14.4. The molecule has 9 heteroatoms. The van der Waals surface area contributed by atoms with Crippen LogP contribution < -0.4 is 16.2 Å². The third-order valence-electron chi connectivity index (χ3n) is 5.61. The Bertz CT molecular complexity index is 1040. The van der Waals surface area contributed by atoms with Crippen LogP contribution in [0.3, 0.4) is 0 Å². The Kier molecular flexibility index (Phi) is 5.29. The standard InChI is InChI=1S/C22H23FN6OS/c1-14-3-2-4-17(11-14)24-20(30)13-31-22-26-25-21-19-12-18(15-5-7-16(23)8-6-15)27-29(19)10-9-28(21)22/h2-11,18-19,21,25,27H,12-13H2,1H3,(H,24,30). The first-order valence-corrected chi connectivity index (χ1v) is 11.1. The number of fused-ring (bicyclic) bond motifs is 3. The van der Waals surface area contributed by atoms with Crippen molar-refractivity contribution in [2.45, 2.75) is 31.6 Å². The summed E-state index contributed by atoms with van der Waals surface area (Å²) in [5.74, 6) is -0.0242. The maximum atomic E-state index is 13.3. The first kappa shape index (κ1) is 19.9. The van der Waals surface area contributed by atoms with Crippen LogP contribution in [0, 0.1) is 12.7 Å². The summed E-state index contributed by atoms with van der Waals surface area (Å²) in [5, 5.41) is 10.2. The second-order valence-corrected chi connectivity index (χ2v) is 8.77. The van der Waals surface area contributed by atoms with E-state index in [1.165, 1.54) is 23.9 Å². The van der Waals surface area contributed by atoms with Crippen molar-refractivity contribution >= 4 is 28.5 Å². The van der Waals surface area contributed by atoms with Gasteiger partial charge in [0, 0.05) is 18.1 Å². The third kappa shape index (κ3) is 4.11. The topological polar surface area (TPSA) is 72.0 Å². The number of hydrogen-bond donors (Lipinski definition) is 3. The lowest BCUT2D eigenvalue weighted by atomic mass is 10.00. The van der Waals surface area contributed by atoms with Gasteiger partial charge in [0.1, 0.15) is 12.0 Å². The van der Waals surface area contributed by atoms with Crippen molar-refractivity contribution in [3.8, 4) is 0 Å². The Morgan fingerprint density at radius 2 is 2.10 bits per heavy atom. The number of nitrogens with zero attached hydrogens (tertiary/aromatic N) is 3. The predicted octanol–water partition coefficient (Wildman–Crippen LogP) is 3.11. The monoisotopic (exact) mass is 438 g/mol. The molecule has 0 saturated carbocycles. The van der Waals surface area contributed by atoms with Crippen LogP contribution in [0.15, 0.2) is 66.0 Å². The highest BCUT2D eigenvalue weighted by molar-refractivity contribution is 8.14. The number of aryl methyl sites for hydroxylation is 1. The van der Waals surface area contributed by atoms with E-state index in [0.717, 1.165) is 28.4 Å². The molecule has 3 atom stereocenters. The van der Waals surface area contributed by atoms with E-state index in [0.29, 0.717) is 0 Å². The van der Waals surface area contributed by atoms with E-state index < -0.39 is 0 Å². The van der Waals surface area contributed by atoms with Gasteiger partial charge in [0.2, 0.25) is 5.91 Å². The Hall–Kier alpha value is -3.04. The van der Waals surface area contributed by atoms with E-state index in [-0.39, 0.29) is 35.7 Å². The number of rotatable bonds is 4. The molecule has 1 fully saturated rings. The number of amides is 1. The fourth-order valence-corrected chi connectivity index (χ4v) is 4.89. The number of hydrogen-bond acceptors (Lipinski definition) is 7. The lowest BCUT2D eigenvalue weighted by molar-refractivity contribution is -0.113. The van der Waals surface area contributed by atoms with Crippen LogP contribution >= 0.6 is 11.8 Å². The van der Waals surface area contributed by atoms with Crippen molar-refractivity contribution in [1.82, 2.24) is 20.8 Å². The summed E-state index contributed by atoms with van der Waals surface area (Å²) in [6.45, 7) is 1.99. The molecule has 160 valence electrons. The average molecular weight is 439 g/mol. The van der Waals surface area contributed by atoms with Gasteiger partial charge in [-0.15, -0.1) is 0 Å². The zero-order valence-electron chi connectivity index (χ0n) is 17.0. The van der Waals surface area contributed by atoms with Gasteiger partial charge >= 0.3 is 0 Å². The molecule has 3 aliphatic rings. The second kappa shape index (κ2) is 8.24. The summed E-state index contributed by atoms with van der Waals surface area (Å²) < 4.78 is 13.3. The van der Waals surface area contributed by atoms with Crippen LogP contribution in [0.25, 0.3) is 0 Å². The number of amidine groups is 1. The smallest absolute Gasteiger partial charge is 0.234 e. The summed E-state index contributed by atoms with van der Waals surface area (Å²) in [5.41, 5.74) is 9.64. The van der Waals surface area contributed by atoms with E-state index in [4.69, 9.17) is 0 Å². The van der Waals surface area contributed by atoms with Crippen molar-refractivity contribution < 1.29 is 9.18 Å². The van der Waals surface area contributed by atoms with E-state index in [1.807, 2.05) is 55.7 Å². The molecule has 1 amide bonds. The summed E-state index contributed by atoms with van der Waals surface area (Å²) in [6, 6.07) is 14.6. The fraction of sp³-hybridized carbons (Fsp3) is 0.273. The highest BCUT2D eigenvalue weighted by atomic mass is 32.2. The molecule has 1 saturated heterocycles. The molecule has 3 unspecified atom stereocenters. The van der Waals surface area contributed by atoms with Gasteiger partial charge < -0.3 is 15.2 Å². The molecule has 3 N–H and O–H groups in total. The normalized spacial score (nSPS) is 23.8. The molecule has 0 radical (unpaired) electrons. The van der Waals surface area contributed by atoms with Gasteiger partial charge in [0.25, 0.3) is 0 Å². The van der Waals surface area contributed by atoms with Crippen LogP contribution in [0.1, 0.15) is 23.6 Å². The Morgan fingerprint density at radius 1 is 1.26 bits per heavy atom. The lowest BCUT2D eigenvalue weighted by Gasteiger charge is -2.36. The molecule has 5 rings (SSSR count). The molecule has 0 bridgehead atoms. The van der Waals surface area contributed by atoms with E-state index in [1.54, 1.807) is 0 Å². The van der Waals surface area contributed by atoms with E-state index >= 15 is 0 Å². The maximum Gasteiger partial charge on any atom is 0.234 e. The molecule has 31 heavy (non-hydrogen) atoms. The summed E-state index contributed by atoms with van der Waals surface area (Å²) in [6.07, 6.45) is 4.78. The first-order chi connectivity index (χ1) is 15.1. The molecule has 3 heterocycles. The number of hydrazine groups is 1. The molecule has 0 spiro atoms. The number of carbonyl (C=O) groups is 1. The highest BCUT2D eigenvalue weighted by Gasteiger charge is 2.44. The zero-order valence-corrected chi connectivity index (χ0v) is 17.8. The van der Waals surface area contributed by atoms with Gasteiger partial charge in [-0.25, -0.2) is 9.82 Å². The minimum absolute atomic E-state index is 0.0229. The van der Waals surface area contributed by atoms with Crippen LogP contribution in [-0.2, 0) is 4.79 Å². The molecule has 2 aromatic rings. The van der Waals surface area contributed by atoms with E-state index in [2.05, 4.69) is 31.2 Å².